The van der Waals surface area contributed by atoms with Gasteiger partial charge in [0.1, 0.15) is 5.82 Å². The van der Waals surface area contributed by atoms with Gasteiger partial charge in [0.2, 0.25) is 11.8 Å². The first kappa shape index (κ1) is 22.3. The second kappa shape index (κ2) is 8.91. The molecule has 1 fully saturated rings. The summed E-state index contributed by atoms with van der Waals surface area (Å²) in [6, 6.07) is 1.80. The largest absolute Gasteiger partial charge is 0.311 e. The maximum atomic E-state index is 12.7. The lowest BCUT2D eigenvalue weighted by Crippen LogP contribution is -2.32. The van der Waals surface area contributed by atoms with E-state index in [9.17, 15) is 9.59 Å². The van der Waals surface area contributed by atoms with E-state index in [-0.39, 0.29) is 29.1 Å². The highest BCUT2D eigenvalue weighted by Crippen LogP contribution is 2.39. The standard InChI is InChI=1S/C23H27ClN6O2/c1-23(2)9-19-17(10-28-30(19)12-23)16-8-20(26-11-18(16)24)29-21(31)7-14-4-3-5-15(6-14)22(32)27-13-25/h8,10-11,14-15H,3-7,9,12H2,1-2H3,(H,27,32)(H,26,29,31)/t14-,15+/m1/s1. The number of hydrogen-bond donors (Lipinski definition) is 2. The molecule has 3 heterocycles. The fourth-order valence-electron chi connectivity index (χ4n) is 4.91. The minimum absolute atomic E-state index is 0.103. The molecule has 1 aliphatic carbocycles. The fraction of sp³-hybridized carbons (Fsp3) is 0.522. The summed E-state index contributed by atoms with van der Waals surface area (Å²) in [7, 11) is 0. The van der Waals surface area contributed by atoms with Gasteiger partial charge in [0.15, 0.2) is 6.19 Å². The molecule has 2 aromatic rings. The SMILES string of the molecule is CC1(C)Cc2c(-c3cc(NC(=O)C[C@@H]4CCC[C@H](C(=O)NC#N)C4)ncc3Cl)cnn2C1. The van der Waals surface area contributed by atoms with Gasteiger partial charge in [-0.1, -0.05) is 31.9 Å². The Kier molecular flexibility index (Phi) is 6.20. The first-order chi connectivity index (χ1) is 15.3. The highest BCUT2D eigenvalue weighted by atomic mass is 35.5. The number of aromatic nitrogens is 3. The monoisotopic (exact) mass is 454 g/mol. The normalized spacial score (nSPS) is 21.4. The number of nitriles is 1. The molecule has 2 atom stereocenters. The van der Waals surface area contributed by atoms with Gasteiger partial charge >= 0.3 is 0 Å². The molecule has 0 aromatic carbocycles. The van der Waals surface area contributed by atoms with Crippen LogP contribution in [-0.4, -0.2) is 26.6 Å². The molecular formula is C23H27ClN6O2. The van der Waals surface area contributed by atoms with Crippen molar-refractivity contribution in [1.29, 1.82) is 5.26 Å². The van der Waals surface area contributed by atoms with Crippen LogP contribution in [0.15, 0.2) is 18.5 Å². The lowest BCUT2D eigenvalue weighted by molar-refractivity contribution is -0.126. The first-order valence-electron chi connectivity index (χ1n) is 10.9. The van der Waals surface area contributed by atoms with E-state index in [0.717, 1.165) is 49.0 Å². The van der Waals surface area contributed by atoms with Gasteiger partial charge in [0.25, 0.3) is 0 Å². The molecule has 1 saturated carbocycles. The van der Waals surface area contributed by atoms with E-state index in [1.807, 2.05) is 10.9 Å². The van der Waals surface area contributed by atoms with Crippen molar-refractivity contribution in [3.05, 3.63) is 29.2 Å². The van der Waals surface area contributed by atoms with E-state index in [2.05, 4.69) is 34.6 Å². The number of carbonyl (C=O) groups is 2. The highest BCUT2D eigenvalue weighted by molar-refractivity contribution is 6.33. The summed E-state index contributed by atoms with van der Waals surface area (Å²) in [5, 5.41) is 18.8. The van der Waals surface area contributed by atoms with Crippen LogP contribution in [0.3, 0.4) is 0 Å². The molecule has 2 amide bonds. The van der Waals surface area contributed by atoms with Gasteiger partial charge in [-0.15, -0.1) is 0 Å². The van der Waals surface area contributed by atoms with Crippen LogP contribution in [0.2, 0.25) is 5.02 Å². The van der Waals surface area contributed by atoms with E-state index >= 15 is 0 Å². The van der Waals surface area contributed by atoms with Crippen molar-refractivity contribution in [1.82, 2.24) is 20.1 Å². The zero-order valence-electron chi connectivity index (χ0n) is 18.3. The lowest BCUT2D eigenvalue weighted by atomic mass is 9.79. The van der Waals surface area contributed by atoms with Crippen LogP contribution in [0, 0.1) is 28.7 Å². The Bertz CT molecular complexity index is 1090. The smallest absolute Gasteiger partial charge is 0.236 e. The molecule has 168 valence electrons. The van der Waals surface area contributed by atoms with E-state index < -0.39 is 0 Å². The van der Waals surface area contributed by atoms with Crippen molar-refractivity contribution < 1.29 is 9.59 Å². The second-order valence-electron chi connectivity index (χ2n) is 9.64. The van der Waals surface area contributed by atoms with Gasteiger partial charge in [-0.2, -0.15) is 10.4 Å². The predicted octanol–water partition coefficient (Wildman–Crippen LogP) is 3.91. The minimum Gasteiger partial charge on any atom is -0.311 e. The van der Waals surface area contributed by atoms with E-state index in [1.165, 1.54) is 0 Å². The van der Waals surface area contributed by atoms with Crippen LogP contribution in [0.4, 0.5) is 5.82 Å². The number of halogens is 1. The van der Waals surface area contributed by atoms with Crippen molar-refractivity contribution in [2.24, 2.45) is 17.3 Å². The highest BCUT2D eigenvalue weighted by Gasteiger charge is 2.32. The molecule has 2 aromatic heterocycles. The fourth-order valence-corrected chi connectivity index (χ4v) is 5.12. The van der Waals surface area contributed by atoms with Crippen molar-refractivity contribution in [3.8, 4) is 17.3 Å². The molecule has 0 radical (unpaired) electrons. The molecule has 32 heavy (non-hydrogen) atoms. The minimum atomic E-state index is -0.251. The Labute approximate surface area is 192 Å². The number of pyridine rings is 1. The zero-order valence-corrected chi connectivity index (χ0v) is 19.1. The first-order valence-corrected chi connectivity index (χ1v) is 11.3. The molecule has 8 nitrogen and oxygen atoms in total. The maximum Gasteiger partial charge on any atom is 0.236 e. The Balaban J connectivity index is 1.43. The average Bonchev–Trinajstić information content (AvgIpc) is 3.24. The van der Waals surface area contributed by atoms with Gasteiger partial charge in [-0.05, 0) is 43.1 Å². The third-order valence-corrected chi connectivity index (χ3v) is 6.69. The molecule has 2 aliphatic rings. The molecule has 4 rings (SSSR count). The van der Waals surface area contributed by atoms with Crippen LogP contribution < -0.4 is 10.6 Å². The van der Waals surface area contributed by atoms with Gasteiger partial charge in [0.05, 0.1) is 11.2 Å². The van der Waals surface area contributed by atoms with Gasteiger partial charge in [-0.3, -0.25) is 19.6 Å². The molecule has 0 spiro atoms. The number of nitrogens with zero attached hydrogens (tertiary/aromatic N) is 4. The molecule has 0 saturated heterocycles. The number of hydrogen-bond acceptors (Lipinski definition) is 5. The Morgan fingerprint density at radius 1 is 1.31 bits per heavy atom. The molecular weight excluding hydrogens is 428 g/mol. The average molecular weight is 455 g/mol. The summed E-state index contributed by atoms with van der Waals surface area (Å²) in [6.07, 6.45) is 9.41. The topological polar surface area (TPSA) is 113 Å². The third kappa shape index (κ3) is 4.78. The Morgan fingerprint density at radius 2 is 2.12 bits per heavy atom. The summed E-state index contributed by atoms with van der Waals surface area (Å²) >= 11 is 6.45. The summed E-state index contributed by atoms with van der Waals surface area (Å²) in [5.74, 6) is -0.0561. The third-order valence-electron chi connectivity index (χ3n) is 6.39. The molecule has 0 unspecified atom stereocenters. The van der Waals surface area contributed by atoms with Gasteiger partial charge < -0.3 is 5.32 Å². The summed E-state index contributed by atoms with van der Waals surface area (Å²) in [5.41, 5.74) is 3.07. The lowest BCUT2D eigenvalue weighted by Gasteiger charge is -2.27. The molecule has 2 N–H and O–H groups in total. The summed E-state index contributed by atoms with van der Waals surface area (Å²) in [6.45, 7) is 5.29. The van der Waals surface area contributed by atoms with Crippen LogP contribution in [0.25, 0.3) is 11.1 Å². The number of carbonyl (C=O) groups excluding carboxylic acids is 2. The van der Waals surface area contributed by atoms with E-state index in [0.29, 0.717) is 23.7 Å². The number of nitrogens with one attached hydrogen (secondary N) is 2. The van der Waals surface area contributed by atoms with Gasteiger partial charge in [0, 0.05) is 41.9 Å². The Morgan fingerprint density at radius 3 is 2.91 bits per heavy atom. The van der Waals surface area contributed by atoms with Crippen LogP contribution in [0.5, 0.6) is 0 Å². The van der Waals surface area contributed by atoms with Crippen LogP contribution >= 0.6 is 11.6 Å². The van der Waals surface area contributed by atoms with Crippen molar-refractivity contribution in [3.63, 3.8) is 0 Å². The van der Waals surface area contributed by atoms with E-state index in [4.69, 9.17) is 16.9 Å². The quantitative estimate of drug-likeness (QED) is 0.525. The van der Waals surface area contributed by atoms with Crippen LogP contribution in [-0.2, 0) is 22.6 Å². The Hall–Kier alpha value is -2.92. The van der Waals surface area contributed by atoms with Gasteiger partial charge in [-0.25, -0.2) is 4.98 Å². The molecule has 1 aliphatic heterocycles. The zero-order chi connectivity index (χ0) is 22.9. The van der Waals surface area contributed by atoms with Crippen molar-refractivity contribution in [2.75, 3.05) is 5.32 Å². The number of rotatable bonds is 5. The summed E-state index contributed by atoms with van der Waals surface area (Å²) < 4.78 is 2.02. The molecule has 9 heteroatoms. The maximum absolute atomic E-state index is 12.7. The second-order valence-corrected chi connectivity index (χ2v) is 10.0. The number of amides is 2. The number of anilines is 1. The van der Waals surface area contributed by atoms with Crippen molar-refractivity contribution in [2.45, 2.75) is 58.9 Å². The summed E-state index contributed by atoms with van der Waals surface area (Å²) in [4.78, 5) is 28.9. The predicted molar refractivity (Wildman–Crippen MR) is 120 cm³/mol. The van der Waals surface area contributed by atoms with Crippen LogP contribution in [0.1, 0.15) is 51.6 Å². The van der Waals surface area contributed by atoms with Crippen molar-refractivity contribution >= 4 is 29.2 Å². The van der Waals surface area contributed by atoms with E-state index in [1.54, 1.807) is 18.5 Å². The molecule has 0 bridgehead atoms. The number of fused-ring (bicyclic) bond motifs is 1.